The molecule has 2 N–H and O–H groups in total. The molecule has 2 amide bonds. The lowest BCUT2D eigenvalue weighted by Gasteiger charge is -2.09. The predicted molar refractivity (Wildman–Crippen MR) is 107 cm³/mol. The Morgan fingerprint density at radius 1 is 1.07 bits per heavy atom. The molecule has 2 aromatic carbocycles. The Morgan fingerprint density at radius 3 is 2.44 bits per heavy atom. The largest absolute Gasteiger partial charge is 0.494 e. The van der Waals surface area contributed by atoms with Gasteiger partial charge in [0.15, 0.2) is 0 Å². The highest BCUT2D eigenvalue weighted by Gasteiger charge is 2.06. The lowest BCUT2D eigenvalue weighted by Crippen LogP contribution is -2.40. The molecule has 0 saturated heterocycles. The lowest BCUT2D eigenvalue weighted by molar-refractivity contribution is -0.117. The summed E-state index contributed by atoms with van der Waals surface area (Å²) < 4.78 is 5.61. The van der Waals surface area contributed by atoms with E-state index < -0.39 is 11.8 Å². The van der Waals surface area contributed by atoms with E-state index in [1.54, 1.807) is 48.5 Å². The number of hydrazine groups is 1. The minimum Gasteiger partial charge on any atom is -0.494 e. The second-order valence-electron chi connectivity index (χ2n) is 6.35. The summed E-state index contributed by atoms with van der Waals surface area (Å²) in [5.74, 6) is 0.407. The van der Waals surface area contributed by atoms with Crippen molar-refractivity contribution in [1.29, 1.82) is 0 Å². The molecule has 5 nitrogen and oxygen atoms in total. The summed E-state index contributed by atoms with van der Waals surface area (Å²) >= 11 is 6.01. The summed E-state index contributed by atoms with van der Waals surface area (Å²) in [6, 6.07) is 13.9. The van der Waals surface area contributed by atoms with Crippen LogP contribution in [0.4, 0.5) is 0 Å². The van der Waals surface area contributed by atoms with Gasteiger partial charge in [-0.1, -0.05) is 43.6 Å². The average Bonchev–Trinajstić information content (AvgIpc) is 2.65. The van der Waals surface area contributed by atoms with E-state index in [0.717, 1.165) is 6.42 Å². The van der Waals surface area contributed by atoms with Gasteiger partial charge in [0.2, 0.25) is 0 Å². The first kappa shape index (κ1) is 20.5. The third-order valence-corrected chi connectivity index (χ3v) is 4.04. The fourth-order valence-electron chi connectivity index (χ4n) is 2.12. The highest BCUT2D eigenvalue weighted by atomic mass is 35.5. The van der Waals surface area contributed by atoms with Crippen LogP contribution in [-0.2, 0) is 4.79 Å². The first-order valence-electron chi connectivity index (χ1n) is 8.71. The Labute approximate surface area is 164 Å². The van der Waals surface area contributed by atoms with Crippen molar-refractivity contribution in [3.8, 4) is 5.75 Å². The maximum Gasteiger partial charge on any atom is 0.269 e. The Kier molecular flexibility index (Phi) is 7.89. The molecule has 0 saturated carbocycles. The van der Waals surface area contributed by atoms with Crippen molar-refractivity contribution in [2.45, 2.75) is 20.3 Å². The maximum absolute atomic E-state index is 12.1. The van der Waals surface area contributed by atoms with Crippen LogP contribution in [0.5, 0.6) is 5.75 Å². The van der Waals surface area contributed by atoms with Gasteiger partial charge in [-0.05, 0) is 54.3 Å². The smallest absolute Gasteiger partial charge is 0.269 e. The number of amides is 2. The highest BCUT2D eigenvalue weighted by molar-refractivity contribution is 6.32. The summed E-state index contributed by atoms with van der Waals surface area (Å²) in [6.07, 6.45) is 3.84. The number of halogens is 1. The molecular weight excluding hydrogens is 364 g/mol. The fraction of sp³-hybridized carbons (Fsp3) is 0.238. The zero-order valence-electron chi connectivity index (χ0n) is 15.4. The van der Waals surface area contributed by atoms with Crippen molar-refractivity contribution in [3.05, 3.63) is 70.8 Å². The molecule has 27 heavy (non-hydrogen) atoms. The molecule has 0 aliphatic rings. The molecule has 0 aromatic heterocycles. The molecule has 0 aliphatic heterocycles. The van der Waals surface area contributed by atoms with Crippen LogP contribution in [0, 0.1) is 5.92 Å². The van der Waals surface area contributed by atoms with Gasteiger partial charge in [0, 0.05) is 16.7 Å². The van der Waals surface area contributed by atoms with Crippen LogP contribution in [-0.4, -0.2) is 18.4 Å². The van der Waals surface area contributed by atoms with Crippen molar-refractivity contribution in [2.24, 2.45) is 5.92 Å². The van der Waals surface area contributed by atoms with E-state index in [1.807, 2.05) is 6.07 Å². The van der Waals surface area contributed by atoms with Gasteiger partial charge in [-0.3, -0.25) is 20.4 Å². The average molecular weight is 387 g/mol. The second-order valence-corrected chi connectivity index (χ2v) is 6.76. The number of hydrogen-bond donors (Lipinski definition) is 2. The minimum atomic E-state index is -0.461. The van der Waals surface area contributed by atoms with Crippen LogP contribution in [0.15, 0.2) is 54.6 Å². The first-order valence-corrected chi connectivity index (χ1v) is 9.09. The van der Waals surface area contributed by atoms with E-state index in [1.165, 1.54) is 6.08 Å². The quantitative estimate of drug-likeness (QED) is 0.552. The summed E-state index contributed by atoms with van der Waals surface area (Å²) in [5.41, 5.74) is 5.83. The zero-order valence-corrected chi connectivity index (χ0v) is 16.1. The molecule has 2 aromatic rings. The molecule has 0 heterocycles. The summed E-state index contributed by atoms with van der Waals surface area (Å²) in [5, 5.41) is 0.543. The molecule has 0 bridgehead atoms. The Balaban J connectivity index is 1.81. The van der Waals surface area contributed by atoms with Crippen LogP contribution < -0.4 is 15.6 Å². The number of ether oxygens (including phenoxy) is 1. The van der Waals surface area contributed by atoms with Crippen molar-refractivity contribution in [3.63, 3.8) is 0 Å². The van der Waals surface area contributed by atoms with Gasteiger partial charge in [-0.15, -0.1) is 0 Å². The van der Waals surface area contributed by atoms with E-state index in [9.17, 15) is 9.59 Å². The monoisotopic (exact) mass is 386 g/mol. The van der Waals surface area contributed by atoms with Crippen molar-refractivity contribution >= 4 is 29.5 Å². The van der Waals surface area contributed by atoms with Crippen molar-refractivity contribution in [2.75, 3.05) is 6.61 Å². The van der Waals surface area contributed by atoms with Gasteiger partial charge in [0.1, 0.15) is 5.75 Å². The second kappa shape index (κ2) is 10.4. The van der Waals surface area contributed by atoms with Crippen LogP contribution in [0.2, 0.25) is 5.02 Å². The molecule has 0 spiro atoms. The number of rotatable bonds is 7. The van der Waals surface area contributed by atoms with Gasteiger partial charge < -0.3 is 4.74 Å². The third-order valence-electron chi connectivity index (χ3n) is 3.70. The number of benzene rings is 2. The lowest BCUT2D eigenvalue weighted by atomic mass is 10.1. The zero-order chi connectivity index (χ0) is 19.6. The van der Waals surface area contributed by atoms with Crippen LogP contribution in [0.3, 0.4) is 0 Å². The summed E-state index contributed by atoms with van der Waals surface area (Å²) in [4.78, 5) is 23.9. The van der Waals surface area contributed by atoms with Gasteiger partial charge in [-0.2, -0.15) is 0 Å². The Bertz CT molecular complexity index is 801. The van der Waals surface area contributed by atoms with E-state index >= 15 is 0 Å². The van der Waals surface area contributed by atoms with E-state index in [0.29, 0.717) is 34.4 Å². The topological polar surface area (TPSA) is 67.4 Å². The summed E-state index contributed by atoms with van der Waals surface area (Å²) in [6.45, 7) is 4.90. The van der Waals surface area contributed by atoms with Crippen molar-refractivity contribution in [1.82, 2.24) is 10.9 Å². The minimum absolute atomic E-state index is 0.414. The standard InChI is InChI=1S/C21H23ClN2O3/c1-15(2)13-14-27-18-10-7-17(8-11-18)21(26)24-23-20(25)12-9-16-5-3-4-6-19(16)22/h3-12,15H,13-14H2,1-2H3,(H,23,25)(H,24,26)/b12-9+. The van der Waals surface area contributed by atoms with E-state index in [2.05, 4.69) is 24.7 Å². The normalized spacial score (nSPS) is 10.8. The number of nitrogens with one attached hydrogen (secondary N) is 2. The molecule has 142 valence electrons. The van der Waals surface area contributed by atoms with Gasteiger partial charge in [0.25, 0.3) is 11.8 Å². The van der Waals surface area contributed by atoms with E-state index in [-0.39, 0.29) is 0 Å². The molecule has 0 unspecified atom stereocenters. The van der Waals surface area contributed by atoms with Gasteiger partial charge >= 0.3 is 0 Å². The Hall–Kier alpha value is -2.79. The molecule has 6 heteroatoms. The molecule has 0 atom stereocenters. The van der Waals surface area contributed by atoms with Crippen molar-refractivity contribution < 1.29 is 14.3 Å². The third kappa shape index (κ3) is 7.15. The maximum atomic E-state index is 12.1. The van der Waals surface area contributed by atoms with Gasteiger partial charge in [-0.25, -0.2) is 0 Å². The van der Waals surface area contributed by atoms with E-state index in [4.69, 9.17) is 16.3 Å². The molecular formula is C21H23ClN2O3. The van der Waals surface area contributed by atoms with Crippen LogP contribution in [0.25, 0.3) is 6.08 Å². The molecule has 0 aliphatic carbocycles. The summed E-state index contributed by atoms with van der Waals surface area (Å²) in [7, 11) is 0. The van der Waals surface area contributed by atoms with Gasteiger partial charge in [0.05, 0.1) is 6.61 Å². The fourth-order valence-corrected chi connectivity index (χ4v) is 2.32. The highest BCUT2D eigenvalue weighted by Crippen LogP contribution is 2.16. The predicted octanol–water partition coefficient (Wildman–Crippen LogP) is 4.24. The molecule has 0 radical (unpaired) electrons. The molecule has 0 fully saturated rings. The number of carbonyl (C=O) groups excluding carboxylic acids is 2. The van der Waals surface area contributed by atoms with Crippen LogP contribution in [0.1, 0.15) is 36.2 Å². The SMILES string of the molecule is CC(C)CCOc1ccc(C(=O)NNC(=O)/C=C/c2ccccc2Cl)cc1. The Morgan fingerprint density at radius 2 is 1.78 bits per heavy atom. The molecule has 2 rings (SSSR count). The number of hydrogen-bond acceptors (Lipinski definition) is 3. The first-order chi connectivity index (χ1) is 13.0. The number of carbonyl (C=O) groups is 2. The van der Waals surface area contributed by atoms with Crippen LogP contribution >= 0.6 is 11.6 Å².